The number of imide groups is 2. The van der Waals surface area contributed by atoms with Gasteiger partial charge in [-0.15, -0.1) is 0 Å². The van der Waals surface area contributed by atoms with Gasteiger partial charge in [0.1, 0.15) is 0 Å². The van der Waals surface area contributed by atoms with Gasteiger partial charge < -0.3 is 9.84 Å². The van der Waals surface area contributed by atoms with Crippen LogP contribution < -0.4 is 10.2 Å². The van der Waals surface area contributed by atoms with E-state index in [0.717, 1.165) is 10.6 Å². The van der Waals surface area contributed by atoms with Gasteiger partial charge in [0.25, 0.3) is 11.8 Å². The van der Waals surface area contributed by atoms with Gasteiger partial charge >= 0.3 is 6.18 Å². The molecule has 8 rings (SSSR count). The van der Waals surface area contributed by atoms with Gasteiger partial charge in [0.15, 0.2) is 17.3 Å². The number of methoxy groups -OCH3 is 1. The smallest absolute Gasteiger partial charge is 0.417 e. The van der Waals surface area contributed by atoms with E-state index >= 15 is 4.79 Å². The molecule has 2 saturated heterocycles. The second-order valence-corrected chi connectivity index (χ2v) is 15.3. The first-order valence-corrected chi connectivity index (χ1v) is 18.8. The van der Waals surface area contributed by atoms with Gasteiger partial charge in [-0.3, -0.25) is 29.5 Å². The number of fused-ring (bicyclic) bond motifs is 4. The number of aromatic nitrogens is 1. The molecule has 292 valence electrons. The highest BCUT2D eigenvalue weighted by molar-refractivity contribution is 6.33. The van der Waals surface area contributed by atoms with Crippen LogP contribution >= 0.6 is 23.2 Å². The van der Waals surface area contributed by atoms with Crippen molar-refractivity contribution >= 4 is 58.7 Å². The minimum absolute atomic E-state index is 0.0118. The molecular weight excluding hydrogens is 784 g/mol. The third-order valence-corrected chi connectivity index (χ3v) is 12.1. The quantitative estimate of drug-likeness (QED) is 0.136. The molecule has 2 aliphatic heterocycles. The molecule has 2 N–H and O–H groups in total. The Hall–Kier alpha value is -5.66. The first-order valence-electron chi connectivity index (χ1n) is 18.0. The minimum Gasteiger partial charge on any atom is -0.504 e. The van der Waals surface area contributed by atoms with Gasteiger partial charge in [-0.2, -0.15) is 18.2 Å². The molecule has 15 heteroatoms. The number of alkyl halides is 3. The summed E-state index contributed by atoms with van der Waals surface area (Å²) in [5.41, 5.74) is 2.27. The Morgan fingerprint density at radius 3 is 2.39 bits per heavy atom. The van der Waals surface area contributed by atoms with Crippen molar-refractivity contribution in [3.8, 4) is 11.5 Å². The number of pyridine rings is 1. The SMILES string of the molecule is COc1cc(C=C[C@H]2C3=CC[C@@H]4C(=O)N(Cc5ccccc5)C(=O)[C@@H]4[C@@H]3C[C@H]3C(=O)N(Nc4ncc(C(F)(F)F)cc4Cl)C(=O)[C@@]23c2ccc(Cl)cc2)ccc1O. The van der Waals surface area contributed by atoms with Gasteiger partial charge in [0.05, 0.1) is 47.4 Å². The number of hydrazine groups is 1. The van der Waals surface area contributed by atoms with E-state index in [-0.39, 0.29) is 48.5 Å². The fraction of sp³-hybridized carbons (Fsp3) is 0.262. The van der Waals surface area contributed by atoms with Crippen molar-refractivity contribution < 1.29 is 42.2 Å². The van der Waals surface area contributed by atoms with E-state index < -0.39 is 63.6 Å². The van der Waals surface area contributed by atoms with E-state index in [1.54, 1.807) is 48.6 Å². The normalized spacial score (nSPS) is 25.7. The molecule has 2 aliphatic carbocycles. The first-order chi connectivity index (χ1) is 27.2. The van der Waals surface area contributed by atoms with E-state index in [1.807, 2.05) is 36.4 Å². The number of allylic oxidation sites excluding steroid dienone is 3. The van der Waals surface area contributed by atoms with Crippen LogP contribution in [0, 0.1) is 29.6 Å². The fourth-order valence-electron chi connectivity index (χ4n) is 9.02. The van der Waals surface area contributed by atoms with Crippen LogP contribution in [0.1, 0.15) is 35.1 Å². The Labute approximate surface area is 334 Å². The lowest BCUT2D eigenvalue weighted by molar-refractivity contribution is -0.142. The number of carbonyl (C=O) groups is 4. The average molecular weight is 818 g/mol. The topological polar surface area (TPSA) is 129 Å². The zero-order valence-electron chi connectivity index (χ0n) is 30.0. The number of hydrogen-bond donors (Lipinski definition) is 2. The van der Waals surface area contributed by atoms with Crippen LogP contribution in [-0.4, -0.2) is 50.7 Å². The molecule has 3 heterocycles. The number of anilines is 1. The second kappa shape index (κ2) is 14.4. The Kier molecular flexibility index (Phi) is 9.64. The molecule has 1 aromatic heterocycles. The summed E-state index contributed by atoms with van der Waals surface area (Å²) in [6, 6.07) is 20.9. The number of phenols is 1. The number of carbonyl (C=O) groups excluding carboxylic acids is 4. The van der Waals surface area contributed by atoms with Crippen LogP contribution in [0.15, 0.2) is 103 Å². The molecule has 3 fully saturated rings. The number of phenolic OH excluding ortho intramolecular Hbond substituents is 1. The molecule has 10 nitrogen and oxygen atoms in total. The third kappa shape index (κ3) is 6.33. The van der Waals surface area contributed by atoms with Crippen LogP contribution in [0.5, 0.6) is 11.5 Å². The Bertz CT molecular complexity index is 2370. The van der Waals surface area contributed by atoms with Gasteiger partial charge in [-0.05, 0) is 65.8 Å². The van der Waals surface area contributed by atoms with E-state index in [0.29, 0.717) is 34.0 Å². The maximum absolute atomic E-state index is 15.3. The highest BCUT2D eigenvalue weighted by Crippen LogP contribution is 2.61. The number of amides is 4. The molecule has 1 saturated carbocycles. The summed E-state index contributed by atoms with van der Waals surface area (Å²) >= 11 is 12.6. The lowest BCUT2D eigenvalue weighted by Gasteiger charge is -2.49. The van der Waals surface area contributed by atoms with Gasteiger partial charge in [-0.25, -0.2) is 4.98 Å². The maximum atomic E-state index is 15.3. The summed E-state index contributed by atoms with van der Waals surface area (Å²) in [7, 11) is 1.40. The van der Waals surface area contributed by atoms with Crippen molar-refractivity contribution in [1.29, 1.82) is 0 Å². The zero-order valence-corrected chi connectivity index (χ0v) is 31.6. The van der Waals surface area contributed by atoms with Crippen LogP contribution in [0.4, 0.5) is 19.0 Å². The third-order valence-electron chi connectivity index (χ3n) is 11.6. The predicted octanol–water partition coefficient (Wildman–Crippen LogP) is 7.85. The number of nitrogens with zero attached hydrogens (tertiary/aromatic N) is 3. The number of hydrogen-bond acceptors (Lipinski definition) is 8. The molecule has 0 unspecified atom stereocenters. The molecule has 0 radical (unpaired) electrons. The summed E-state index contributed by atoms with van der Waals surface area (Å²) in [5, 5.41) is 10.9. The van der Waals surface area contributed by atoms with Gasteiger partial charge in [0, 0.05) is 17.1 Å². The number of likely N-dealkylation sites (tertiary alicyclic amines) is 1. The molecule has 3 aromatic carbocycles. The van der Waals surface area contributed by atoms with Gasteiger partial charge in [-0.1, -0.05) is 95.5 Å². The molecule has 4 aromatic rings. The highest BCUT2D eigenvalue weighted by Gasteiger charge is 2.69. The van der Waals surface area contributed by atoms with Crippen molar-refractivity contribution in [1.82, 2.24) is 14.9 Å². The molecular formula is C42H33Cl2F3N4O6. The van der Waals surface area contributed by atoms with Crippen LogP contribution in [0.25, 0.3) is 6.08 Å². The zero-order chi connectivity index (χ0) is 40.4. The molecule has 4 amide bonds. The molecule has 4 aliphatic rings. The molecule has 0 bridgehead atoms. The summed E-state index contributed by atoms with van der Waals surface area (Å²) in [5.74, 6) is -6.64. The summed E-state index contributed by atoms with van der Waals surface area (Å²) in [6.07, 6.45) is 1.38. The minimum atomic E-state index is -4.75. The average Bonchev–Trinajstić information content (AvgIpc) is 3.56. The van der Waals surface area contributed by atoms with E-state index in [9.17, 15) is 32.7 Å². The van der Waals surface area contributed by atoms with Crippen molar-refractivity contribution in [2.75, 3.05) is 12.5 Å². The van der Waals surface area contributed by atoms with E-state index in [1.165, 1.54) is 18.1 Å². The Morgan fingerprint density at radius 1 is 0.965 bits per heavy atom. The monoisotopic (exact) mass is 816 g/mol. The van der Waals surface area contributed by atoms with Gasteiger partial charge in [0.2, 0.25) is 11.8 Å². The van der Waals surface area contributed by atoms with Crippen LogP contribution in [0.2, 0.25) is 10.0 Å². The largest absolute Gasteiger partial charge is 0.504 e. The van der Waals surface area contributed by atoms with Crippen molar-refractivity contribution in [3.63, 3.8) is 0 Å². The first kappa shape index (κ1) is 38.2. The summed E-state index contributed by atoms with van der Waals surface area (Å²) < 4.78 is 45.8. The Morgan fingerprint density at radius 2 is 1.70 bits per heavy atom. The van der Waals surface area contributed by atoms with E-state index in [2.05, 4.69) is 10.4 Å². The number of rotatable bonds is 8. The lowest BCUT2D eigenvalue weighted by Crippen LogP contribution is -2.54. The maximum Gasteiger partial charge on any atom is 0.417 e. The Balaban J connectivity index is 1.27. The van der Waals surface area contributed by atoms with E-state index in [4.69, 9.17) is 27.9 Å². The highest BCUT2D eigenvalue weighted by atomic mass is 35.5. The lowest BCUT2D eigenvalue weighted by atomic mass is 9.50. The standard InChI is InChI=1S/C42H33Cl2F3N4O6/c1-57-34-17-22(8-16-33(34)52)7-15-30-27-13-14-28-35(39(55)50(37(28)53)21-23-5-3-2-4-6-23)29(27)19-31-38(54)51(40(56)41(30,31)24-9-11-26(43)12-10-24)49-36-32(44)18-25(20-48-36)42(45,46)47/h2-13,15-18,20,28-31,35,52H,14,19,21H2,1H3,(H,48,49)/t28-,29+,30-,31-,35-,41-/m0/s1. The predicted molar refractivity (Wildman–Crippen MR) is 203 cm³/mol. The number of benzene rings is 3. The second-order valence-electron chi connectivity index (χ2n) is 14.5. The summed E-state index contributed by atoms with van der Waals surface area (Å²) in [4.78, 5) is 63.5. The molecule has 6 atom stereocenters. The van der Waals surface area contributed by atoms with Crippen molar-refractivity contribution in [2.45, 2.75) is 31.0 Å². The van der Waals surface area contributed by atoms with Crippen LogP contribution in [-0.2, 0) is 37.3 Å². The molecule has 57 heavy (non-hydrogen) atoms. The van der Waals surface area contributed by atoms with Crippen LogP contribution in [0.3, 0.4) is 0 Å². The number of aromatic hydroxyl groups is 1. The molecule has 0 spiro atoms. The van der Waals surface area contributed by atoms with Crippen molar-refractivity contribution in [3.05, 3.63) is 135 Å². The number of nitrogens with one attached hydrogen (secondary N) is 1. The fourth-order valence-corrected chi connectivity index (χ4v) is 9.36. The number of ether oxygens (including phenoxy) is 1. The van der Waals surface area contributed by atoms with Crippen molar-refractivity contribution in [2.24, 2.45) is 29.6 Å². The summed E-state index contributed by atoms with van der Waals surface area (Å²) in [6.45, 7) is 0.0771. The number of halogens is 5.